The van der Waals surface area contributed by atoms with E-state index in [0.29, 0.717) is 13.1 Å². The Bertz CT molecular complexity index is 153. The lowest BCUT2D eigenvalue weighted by Gasteiger charge is -2.40. The number of nitrogens with two attached hydrogens (primary N) is 1. The van der Waals surface area contributed by atoms with Gasteiger partial charge in [0.05, 0.1) is 0 Å². The SMILES string of the molecule is CN(CCF)C1(CN)CCCCCC1. The Morgan fingerprint density at radius 1 is 1.21 bits per heavy atom. The van der Waals surface area contributed by atoms with E-state index in [9.17, 15) is 4.39 Å². The van der Waals surface area contributed by atoms with Crippen LogP contribution in [0.5, 0.6) is 0 Å². The fraction of sp³-hybridized carbons (Fsp3) is 1.00. The molecule has 0 amide bonds. The number of alkyl halides is 1. The third-order valence-corrected chi connectivity index (χ3v) is 3.64. The summed E-state index contributed by atoms with van der Waals surface area (Å²) >= 11 is 0. The number of hydrogen-bond donors (Lipinski definition) is 1. The second-order valence-corrected chi connectivity index (χ2v) is 4.45. The van der Waals surface area contributed by atoms with E-state index in [2.05, 4.69) is 4.90 Å². The molecule has 0 aliphatic heterocycles. The molecule has 0 atom stereocenters. The van der Waals surface area contributed by atoms with Crippen LogP contribution in [-0.4, -0.2) is 37.3 Å². The Labute approximate surface area is 86.6 Å². The fourth-order valence-electron chi connectivity index (χ4n) is 2.49. The van der Waals surface area contributed by atoms with Crippen LogP contribution >= 0.6 is 0 Å². The Morgan fingerprint density at radius 2 is 1.79 bits per heavy atom. The Kier molecular flexibility index (Phi) is 4.82. The predicted octanol–water partition coefficient (Wildman–Crippen LogP) is 1.94. The van der Waals surface area contributed by atoms with E-state index in [4.69, 9.17) is 5.73 Å². The van der Waals surface area contributed by atoms with Crippen molar-refractivity contribution in [2.24, 2.45) is 5.73 Å². The van der Waals surface area contributed by atoms with Crippen molar-refractivity contribution >= 4 is 0 Å². The summed E-state index contributed by atoms with van der Waals surface area (Å²) in [7, 11) is 2.01. The van der Waals surface area contributed by atoms with Crippen LogP contribution in [0, 0.1) is 0 Å². The first-order valence-electron chi connectivity index (χ1n) is 5.72. The van der Waals surface area contributed by atoms with E-state index in [1.807, 2.05) is 7.05 Å². The van der Waals surface area contributed by atoms with Crippen molar-refractivity contribution in [1.82, 2.24) is 4.90 Å². The summed E-state index contributed by atoms with van der Waals surface area (Å²) in [5, 5.41) is 0. The summed E-state index contributed by atoms with van der Waals surface area (Å²) in [5.74, 6) is 0. The van der Waals surface area contributed by atoms with Gasteiger partial charge in [-0.3, -0.25) is 4.90 Å². The summed E-state index contributed by atoms with van der Waals surface area (Å²) in [6, 6.07) is 0. The van der Waals surface area contributed by atoms with Gasteiger partial charge in [-0.2, -0.15) is 0 Å². The average molecular weight is 202 g/mol. The molecule has 3 heteroatoms. The van der Waals surface area contributed by atoms with Gasteiger partial charge < -0.3 is 5.73 Å². The second-order valence-electron chi connectivity index (χ2n) is 4.45. The van der Waals surface area contributed by atoms with Crippen LogP contribution < -0.4 is 5.73 Å². The summed E-state index contributed by atoms with van der Waals surface area (Å²) in [4.78, 5) is 2.14. The van der Waals surface area contributed by atoms with Crippen molar-refractivity contribution in [1.29, 1.82) is 0 Å². The molecule has 0 bridgehead atoms. The molecule has 0 aromatic rings. The van der Waals surface area contributed by atoms with E-state index < -0.39 is 0 Å². The second kappa shape index (κ2) is 5.66. The highest BCUT2D eigenvalue weighted by Crippen LogP contribution is 2.30. The zero-order valence-corrected chi connectivity index (χ0v) is 9.27. The van der Waals surface area contributed by atoms with Gasteiger partial charge in [0, 0.05) is 18.6 Å². The largest absolute Gasteiger partial charge is 0.329 e. The number of hydrogen-bond acceptors (Lipinski definition) is 2. The third-order valence-electron chi connectivity index (χ3n) is 3.64. The fourth-order valence-corrected chi connectivity index (χ4v) is 2.49. The predicted molar refractivity (Wildman–Crippen MR) is 58.1 cm³/mol. The summed E-state index contributed by atoms with van der Waals surface area (Å²) in [6.07, 6.45) is 7.39. The van der Waals surface area contributed by atoms with Gasteiger partial charge in [0.1, 0.15) is 6.67 Å². The van der Waals surface area contributed by atoms with Crippen molar-refractivity contribution in [3.05, 3.63) is 0 Å². The molecule has 1 aliphatic carbocycles. The quantitative estimate of drug-likeness (QED) is 0.706. The van der Waals surface area contributed by atoms with Crippen LogP contribution in [0.15, 0.2) is 0 Å². The van der Waals surface area contributed by atoms with Crippen LogP contribution in [-0.2, 0) is 0 Å². The van der Waals surface area contributed by atoms with Gasteiger partial charge in [-0.05, 0) is 19.9 Å². The maximum absolute atomic E-state index is 12.3. The van der Waals surface area contributed by atoms with Gasteiger partial charge in [-0.15, -0.1) is 0 Å². The molecule has 0 radical (unpaired) electrons. The molecular formula is C11H23FN2. The summed E-state index contributed by atoms with van der Waals surface area (Å²) in [5.41, 5.74) is 5.96. The smallest absolute Gasteiger partial charge is 0.102 e. The zero-order chi connectivity index (χ0) is 10.4. The Balaban J connectivity index is 2.61. The lowest BCUT2D eigenvalue weighted by Crippen LogP contribution is -2.52. The van der Waals surface area contributed by atoms with E-state index >= 15 is 0 Å². The van der Waals surface area contributed by atoms with Crippen LogP contribution in [0.25, 0.3) is 0 Å². The minimum Gasteiger partial charge on any atom is -0.329 e. The minimum absolute atomic E-state index is 0.0859. The first-order chi connectivity index (χ1) is 6.75. The number of likely N-dealkylation sites (N-methyl/N-ethyl adjacent to an activating group) is 1. The highest BCUT2D eigenvalue weighted by molar-refractivity contribution is 4.91. The molecule has 0 aromatic carbocycles. The molecule has 1 fully saturated rings. The maximum Gasteiger partial charge on any atom is 0.102 e. The van der Waals surface area contributed by atoms with Crippen molar-refractivity contribution in [3.8, 4) is 0 Å². The molecule has 0 spiro atoms. The molecular weight excluding hydrogens is 179 g/mol. The summed E-state index contributed by atoms with van der Waals surface area (Å²) < 4.78 is 12.3. The Hall–Kier alpha value is -0.150. The van der Waals surface area contributed by atoms with Gasteiger partial charge in [0.2, 0.25) is 0 Å². The molecule has 1 saturated carbocycles. The molecule has 14 heavy (non-hydrogen) atoms. The number of rotatable bonds is 4. The van der Waals surface area contributed by atoms with Crippen molar-refractivity contribution in [2.45, 2.75) is 44.1 Å². The molecule has 0 aromatic heterocycles. The zero-order valence-electron chi connectivity index (χ0n) is 9.27. The first-order valence-corrected chi connectivity index (χ1v) is 5.72. The van der Waals surface area contributed by atoms with E-state index in [0.717, 1.165) is 12.8 Å². The lowest BCUT2D eigenvalue weighted by atomic mass is 9.88. The molecule has 2 N–H and O–H groups in total. The maximum atomic E-state index is 12.3. The first kappa shape index (κ1) is 11.9. The molecule has 0 heterocycles. The molecule has 0 saturated heterocycles. The molecule has 0 unspecified atom stereocenters. The van der Waals surface area contributed by atoms with Crippen molar-refractivity contribution in [3.63, 3.8) is 0 Å². The average Bonchev–Trinajstić information content (AvgIpc) is 2.44. The van der Waals surface area contributed by atoms with Crippen LogP contribution in [0.2, 0.25) is 0 Å². The van der Waals surface area contributed by atoms with Gasteiger partial charge in [0.15, 0.2) is 0 Å². The van der Waals surface area contributed by atoms with Crippen molar-refractivity contribution in [2.75, 3.05) is 26.8 Å². The minimum atomic E-state index is -0.266. The van der Waals surface area contributed by atoms with Crippen molar-refractivity contribution < 1.29 is 4.39 Å². The summed E-state index contributed by atoms with van der Waals surface area (Å²) in [6.45, 7) is 0.930. The Morgan fingerprint density at radius 3 is 2.21 bits per heavy atom. The molecule has 84 valence electrons. The molecule has 1 rings (SSSR count). The number of halogens is 1. The topological polar surface area (TPSA) is 29.3 Å². The third kappa shape index (κ3) is 2.67. The normalized spacial score (nSPS) is 22.3. The van der Waals surface area contributed by atoms with E-state index in [-0.39, 0.29) is 12.2 Å². The van der Waals surface area contributed by atoms with E-state index in [1.165, 1.54) is 25.7 Å². The lowest BCUT2D eigenvalue weighted by molar-refractivity contribution is 0.0998. The standard InChI is InChI=1S/C11H23FN2/c1-14(9-8-12)11(10-13)6-4-2-3-5-7-11/h2-10,13H2,1H3. The van der Waals surface area contributed by atoms with Gasteiger partial charge in [-0.1, -0.05) is 25.7 Å². The highest BCUT2D eigenvalue weighted by Gasteiger charge is 2.33. The van der Waals surface area contributed by atoms with Gasteiger partial charge >= 0.3 is 0 Å². The van der Waals surface area contributed by atoms with Gasteiger partial charge in [0.25, 0.3) is 0 Å². The van der Waals surface area contributed by atoms with Gasteiger partial charge in [-0.25, -0.2) is 4.39 Å². The van der Waals surface area contributed by atoms with Crippen LogP contribution in [0.4, 0.5) is 4.39 Å². The van der Waals surface area contributed by atoms with Crippen LogP contribution in [0.3, 0.4) is 0 Å². The highest BCUT2D eigenvalue weighted by atomic mass is 19.1. The number of nitrogens with zero attached hydrogens (tertiary/aromatic N) is 1. The van der Waals surface area contributed by atoms with Crippen LogP contribution in [0.1, 0.15) is 38.5 Å². The molecule has 2 nitrogen and oxygen atoms in total. The monoisotopic (exact) mass is 202 g/mol. The molecule has 1 aliphatic rings. The van der Waals surface area contributed by atoms with E-state index in [1.54, 1.807) is 0 Å².